The van der Waals surface area contributed by atoms with Gasteiger partial charge in [-0.1, -0.05) is 31.5 Å². The van der Waals surface area contributed by atoms with Gasteiger partial charge in [0.2, 0.25) is 0 Å². The average molecular weight is 389 g/mol. The van der Waals surface area contributed by atoms with Gasteiger partial charge >= 0.3 is 0 Å². The number of aromatic nitrogens is 1. The lowest BCUT2D eigenvalue weighted by Crippen LogP contribution is -2.31. The van der Waals surface area contributed by atoms with Crippen molar-refractivity contribution in [2.45, 2.75) is 26.3 Å². The molecular formula is C20H18ClFN2O3. The Morgan fingerprint density at radius 1 is 1.37 bits per heavy atom. The van der Waals surface area contributed by atoms with E-state index in [4.69, 9.17) is 11.6 Å². The van der Waals surface area contributed by atoms with Crippen molar-refractivity contribution in [1.29, 1.82) is 0 Å². The number of carbonyl (C=O) groups excluding carboxylic acids is 2. The minimum Gasteiger partial charge on any atom is -0.503 e. The molecule has 27 heavy (non-hydrogen) atoms. The standard InChI is InChI=1S/C20H18ClFN2O3/c1-11(2)8-16(25)17-18(12-4-3-7-23-10-12)24(20(27)19(17)26)13-5-6-15(22)14(21)9-13/h3-7,9-11,18,26H,8H2,1-2H3. The smallest absolute Gasteiger partial charge is 0.294 e. The predicted molar refractivity (Wildman–Crippen MR) is 100.0 cm³/mol. The Morgan fingerprint density at radius 2 is 2.11 bits per heavy atom. The van der Waals surface area contributed by atoms with Crippen LogP contribution in [0.3, 0.4) is 0 Å². The Kier molecular flexibility index (Phi) is 5.28. The summed E-state index contributed by atoms with van der Waals surface area (Å²) in [7, 11) is 0. The first-order chi connectivity index (χ1) is 12.8. The van der Waals surface area contributed by atoms with Crippen molar-refractivity contribution >= 4 is 29.0 Å². The molecule has 0 radical (unpaired) electrons. The molecule has 2 heterocycles. The van der Waals surface area contributed by atoms with Crippen LogP contribution < -0.4 is 4.90 Å². The van der Waals surface area contributed by atoms with Crippen molar-refractivity contribution in [1.82, 2.24) is 4.98 Å². The summed E-state index contributed by atoms with van der Waals surface area (Å²) in [5.74, 6) is -2.23. The van der Waals surface area contributed by atoms with E-state index in [9.17, 15) is 19.1 Å². The normalized spacial score (nSPS) is 17.1. The van der Waals surface area contributed by atoms with Crippen LogP contribution in [0.5, 0.6) is 0 Å². The van der Waals surface area contributed by atoms with Gasteiger partial charge in [-0.3, -0.25) is 19.5 Å². The summed E-state index contributed by atoms with van der Waals surface area (Å²) < 4.78 is 13.6. The number of aliphatic hydroxyl groups is 1. The van der Waals surface area contributed by atoms with Gasteiger partial charge in [-0.2, -0.15) is 0 Å². The number of carbonyl (C=O) groups is 2. The molecule has 0 aliphatic carbocycles. The summed E-state index contributed by atoms with van der Waals surface area (Å²) in [5.41, 5.74) is 0.851. The minimum atomic E-state index is -0.862. The highest BCUT2D eigenvalue weighted by atomic mass is 35.5. The highest BCUT2D eigenvalue weighted by molar-refractivity contribution is 6.31. The van der Waals surface area contributed by atoms with Crippen LogP contribution in [0.2, 0.25) is 5.02 Å². The number of nitrogens with zero attached hydrogens (tertiary/aromatic N) is 2. The maximum atomic E-state index is 13.6. The molecular weight excluding hydrogens is 371 g/mol. The lowest BCUT2D eigenvalue weighted by atomic mass is 9.93. The molecule has 1 aromatic heterocycles. The molecule has 1 unspecified atom stereocenters. The van der Waals surface area contributed by atoms with Crippen molar-refractivity contribution < 1.29 is 19.1 Å². The molecule has 2 aromatic rings. The fourth-order valence-corrected chi connectivity index (χ4v) is 3.30. The first kappa shape index (κ1) is 19.0. The zero-order valence-corrected chi connectivity index (χ0v) is 15.6. The molecule has 0 saturated heterocycles. The SMILES string of the molecule is CC(C)CC(=O)C1=C(O)C(=O)N(c2ccc(F)c(Cl)c2)C1c1cccnc1. The van der Waals surface area contributed by atoms with E-state index in [0.717, 1.165) is 6.07 Å². The van der Waals surface area contributed by atoms with E-state index in [-0.39, 0.29) is 34.4 Å². The van der Waals surface area contributed by atoms with Gasteiger partial charge in [0.05, 0.1) is 16.6 Å². The van der Waals surface area contributed by atoms with Gasteiger partial charge in [0.25, 0.3) is 5.91 Å². The van der Waals surface area contributed by atoms with E-state index < -0.39 is 23.5 Å². The number of amides is 1. The van der Waals surface area contributed by atoms with Crippen LogP contribution in [0.1, 0.15) is 31.9 Å². The van der Waals surface area contributed by atoms with Crippen molar-refractivity contribution in [3.05, 3.63) is 70.5 Å². The van der Waals surface area contributed by atoms with Crippen LogP contribution in [0.25, 0.3) is 0 Å². The predicted octanol–water partition coefficient (Wildman–Crippen LogP) is 4.39. The van der Waals surface area contributed by atoms with Crippen molar-refractivity contribution in [2.24, 2.45) is 5.92 Å². The maximum Gasteiger partial charge on any atom is 0.294 e. The molecule has 1 aliphatic heterocycles. The van der Waals surface area contributed by atoms with Gasteiger partial charge in [0.1, 0.15) is 5.82 Å². The first-order valence-corrected chi connectivity index (χ1v) is 8.84. The molecule has 1 aromatic carbocycles. The molecule has 0 bridgehead atoms. The molecule has 1 amide bonds. The number of rotatable bonds is 5. The van der Waals surface area contributed by atoms with Crippen LogP contribution in [-0.4, -0.2) is 21.8 Å². The van der Waals surface area contributed by atoms with Gasteiger partial charge in [0, 0.05) is 24.5 Å². The van der Waals surface area contributed by atoms with Crippen LogP contribution in [0.15, 0.2) is 54.1 Å². The number of aliphatic hydroxyl groups excluding tert-OH is 1. The molecule has 1 atom stereocenters. The fourth-order valence-electron chi connectivity index (χ4n) is 3.13. The minimum absolute atomic E-state index is 0.0159. The highest BCUT2D eigenvalue weighted by Gasteiger charge is 2.44. The molecule has 0 spiro atoms. The number of halogens is 2. The van der Waals surface area contributed by atoms with Crippen LogP contribution in [0.4, 0.5) is 10.1 Å². The molecule has 0 saturated carbocycles. The Labute approximate surface area is 161 Å². The Morgan fingerprint density at radius 3 is 2.70 bits per heavy atom. The summed E-state index contributed by atoms with van der Waals surface area (Å²) in [4.78, 5) is 30.9. The van der Waals surface area contributed by atoms with E-state index in [2.05, 4.69) is 4.98 Å². The average Bonchev–Trinajstić information content (AvgIpc) is 2.89. The first-order valence-electron chi connectivity index (χ1n) is 8.46. The van der Waals surface area contributed by atoms with E-state index in [0.29, 0.717) is 5.56 Å². The number of ketones is 1. The molecule has 0 fully saturated rings. The van der Waals surface area contributed by atoms with Crippen molar-refractivity contribution in [2.75, 3.05) is 4.90 Å². The molecule has 140 valence electrons. The summed E-state index contributed by atoms with van der Waals surface area (Å²) in [5, 5.41) is 10.3. The second-order valence-electron chi connectivity index (χ2n) is 6.75. The van der Waals surface area contributed by atoms with Crippen LogP contribution in [0, 0.1) is 11.7 Å². The second kappa shape index (κ2) is 7.48. The van der Waals surface area contributed by atoms with Gasteiger partial charge in [0.15, 0.2) is 11.5 Å². The fraction of sp³-hybridized carbons (Fsp3) is 0.250. The third kappa shape index (κ3) is 3.57. The van der Waals surface area contributed by atoms with Crippen LogP contribution >= 0.6 is 11.6 Å². The second-order valence-corrected chi connectivity index (χ2v) is 7.15. The zero-order chi connectivity index (χ0) is 19.7. The largest absolute Gasteiger partial charge is 0.503 e. The summed E-state index contributed by atoms with van der Waals surface area (Å²) in [6.45, 7) is 3.76. The van der Waals surface area contributed by atoms with Crippen LogP contribution in [-0.2, 0) is 9.59 Å². The van der Waals surface area contributed by atoms with E-state index in [1.165, 1.54) is 23.2 Å². The monoisotopic (exact) mass is 388 g/mol. The van der Waals surface area contributed by atoms with E-state index >= 15 is 0 Å². The number of hydrogen-bond donors (Lipinski definition) is 1. The molecule has 1 N–H and O–H groups in total. The van der Waals surface area contributed by atoms with Gasteiger partial charge in [-0.15, -0.1) is 0 Å². The number of anilines is 1. The third-order valence-electron chi connectivity index (χ3n) is 4.28. The molecule has 5 nitrogen and oxygen atoms in total. The summed E-state index contributed by atoms with van der Waals surface area (Å²) in [6, 6.07) is 6.34. The highest BCUT2D eigenvalue weighted by Crippen LogP contribution is 2.42. The topological polar surface area (TPSA) is 70.5 Å². The quantitative estimate of drug-likeness (QED) is 0.824. The molecule has 7 heteroatoms. The number of benzene rings is 1. The van der Waals surface area contributed by atoms with Gasteiger partial charge in [-0.05, 0) is 35.7 Å². The molecule has 1 aliphatic rings. The molecule has 3 rings (SSSR count). The van der Waals surface area contributed by atoms with Gasteiger partial charge < -0.3 is 5.11 Å². The Bertz CT molecular complexity index is 928. The zero-order valence-electron chi connectivity index (χ0n) is 14.8. The lowest BCUT2D eigenvalue weighted by molar-refractivity contribution is -0.118. The van der Waals surface area contributed by atoms with Crippen molar-refractivity contribution in [3.8, 4) is 0 Å². The summed E-state index contributed by atoms with van der Waals surface area (Å²) in [6.07, 6.45) is 3.28. The third-order valence-corrected chi connectivity index (χ3v) is 4.57. The van der Waals surface area contributed by atoms with Crippen molar-refractivity contribution in [3.63, 3.8) is 0 Å². The lowest BCUT2D eigenvalue weighted by Gasteiger charge is -2.27. The Balaban J connectivity index is 2.14. The van der Waals surface area contributed by atoms with E-state index in [1.807, 2.05) is 13.8 Å². The summed E-state index contributed by atoms with van der Waals surface area (Å²) >= 11 is 5.87. The number of pyridine rings is 1. The van der Waals surface area contributed by atoms with Gasteiger partial charge in [-0.25, -0.2) is 4.39 Å². The Hall–Kier alpha value is -2.73. The van der Waals surface area contributed by atoms with E-state index in [1.54, 1.807) is 18.3 Å². The number of hydrogen-bond acceptors (Lipinski definition) is 4. The number of Topliss-reactive ketones (excluding diaryl/α,β-unsaturated/α-hetero) is 1. The maximum absolute atomic E-state index is 13.6.